The molecule has 0 bridgehead atoms. The van der Waals surface area contributed by atoms with Gasteiger partial charge in [-0.05, 0) is 37.3 Å². The summed E-state index contributed by atoms with van der Waals surface area (Å²) in [5.41, 5.74) is 0.767. The Kier molecular flexibility index (Phi) is 4.92. The maximum Gasteiger partial charge on any atom is 0.280 e. The van der Waals surface area contributed by atoms with Crippen molar-refractivity contribution in [2.45, 2.75) is 6.92 Å². The Morgan fingerprint density at radius 1 is 1.10 bits per heavy atom. The average molecular weight is 407 g/mol. The van der Waals surface area contributed by atoms with Crippen molar-refractivity contribution >= 4 is 23.2 Å². The Morgan fingerprint density at radius 3 is 2.69 bits per heavy atom. The first-order valence-corrected chi connectivity index (χ1v) is 9.04. The maximum atomic E-state index is 12.9. The van der Waals surface area contributed by atoms with Gasteiger partial charge in [-0.15, -0.1) is 0 Å². The van der Waals surface area contributed by atoms with Crippen molar-refractivity contribution in [3.05, 3.63) is 93.8 Å². The summed E-state index contributed by atoms with van der Waals surface area (Å²) in [6.45, 7) is 1.72. The molecule has 0 aliphatic carbocycles. The summed E-state index contributed by atoms with van der Waals surface area (Å²) in [6.07, 6.45) is 4.89. The number of halogens is 1. The minimum absolute atomic E-state index is 0.259. The fraction of sp³-hybridized carbons (Fsp3) is 0.0500. The summed E-state index contributed by atoms with van der Waals surface area (Å²) in [5, 5.41) is 11.5. The monoisotopic (exact) mass is 406 g/mol. The lowest BCUT2D eigenvalue weighted by Gasteiger charge is -2.13. The molecule has 0 aliphatic rings. The number of aromatic nitrogens is 5. The largest absolute Gasteiger partial charge is 0.317 e. The highest BCUT2D eigenvalue weighted by Crippen LogP contribution is 2.20. The molecule has 1 aromatic carbocycles. The lowest BCUT2D eigenvalue weighted by molar-refractivity contribution is 0.101. The molecule has 29 heavy (non-hydrogen) atoms. The van der Waals surface area contributed by atoms with Crippen LogP contribution in [-0.4, -0.2) is 30.5 Å². The second kappa shape index (κ2) is 7.69. The van der Waals surface area contributed by atoms with Gasteiger partial charge in [0.2, 0.25) is 5.43 Å². The summed E-state index contributed by atoms with van der Waals surface area (Å²) < 4.78 is 2.98. The van der Waals surface area contributed by atoms with Gasteiger partial charge in [-0.1, -0.05) is 23.7 Å². The van der Waals surface area contributed by atoms with Gasteiger partial charge >= 0.3 is 0 Å². The number of anilines is 1. The molecule has 0 saturated carbocycles. The number of amides is 1. The number of rotatable bonds is 4. The fourth-order valence-corrected chi connectivity index (χ4v) is 3.04. The Hall–Kier alpha value is -3.78. The van der Waals surface area contributed by atoms with Gasteiger partial charge in [0, 0.05) is 30.4 Å². The first-order valence-electron chi connectivity index (χ1n) is 8.67. The zero-order valence-corrected chi connectivity index (χ0v) is 16.0. The number of carbonyl (C=O) groups is 1. The highest BCUT2D eigenvalue weighted by molar-refractivity contribution is 6.32. The minimum Gasteiger partial charge on any atom is -0.317 e. The third kappa shape index (κ3) is 3.65. The molecular formula is C20H15ClN6O2. The van der Waals surface area contributed by atoms with Crippen LogP contribution in [0.4, 0.5) is 5.69 Å². The Balaban J connectivity index is 1.73. The molecule has 0 unspecified atom stereocenters. The maximum absolute atomic E-state index is 12.9. The van der Waals surface area contributed by atoms with Gasteiger partial charge in [0.15, 0.2) is 11.5 Å². The number of para-hydroxylation sites is 1. The highest BCUT2D eigenvalue weighted by Gasteiger charge is 2.18. The SMILES string of the molecule is Cc1cc(=O)c(C(=O)Nc2cccnc2-n2cccn2)nn1-c1ccccc1Cl. The first-order chi connectivity index (χ1) is 14.0. The molecule has 9 heteroatoms. The van der Waals surface area contributed by atoms with E-state index in [0.717, 1.165) is 0 Å². The zero-order valence-electron chi connectivity index (χ0n) is 15.3. The summed E-state index contributed by atoms with van der Waals surface area (Å²) in [6, 6.07) is 13.5. The van der Waals surface area contributed by atoms with Crippen LogP contribution in [0.3, 0.4) is 0 Å². The smallest absolute Gasteiger partial charge is 0.280 e. The second-order valence-corrected chi connectivity index (χ2v) is 6.55. The minimum atomic E-state index is -0.655. The van der Waals surface area contributed by atoms with Crippen molar-refractivity contribution in [2.75, 3.05) is 5.32 Å². The summed E-state index contributed by atoms with van der Waals surface area (Å²) in [4.78, 5) is 29.6. The number of benzene rings is 1. The number of carbonyl (C=O) groups excluding carboxylic acids is 1. The van der Waals surface area contributed by atoms with E-state index in [2.05, 4.69) is 20.5 Å². The molecule has 3 aromatic heterocycles. The molecule has 1 N–H and O–H groups in total. The van der Waals surface area contributed by atoms with E-state index in [9.17, 15) is 9.59 Å². The molecule has 1 amide bonds. The predicted octanol–water partition coefficient (Wildman–Crippen LogP) is 3.03. The van der Waals surface area contributed by atoms with Gasteiger partial charge in [-0.2, -0.15) is 10.2 Å². The molecule has 4 rings (SSSR count). The van der Waals surface area contributed by atoms with E-state index in [1.165, 1.54) is 15.4 Å². The van der Waals surface area contributed by atoms with Gasteiger partial charge in [0.05, 0.1) is 16.4 Å². The van der Waals surface area contributed by atoms with Crippen LogP contribution < -0.4 is 10.7 Å². The van der Waals surface area contributed by atoms with Crippen molar-refractivity contribution < 1.29 is 4.79 Å². The highest BCUT2D eigenvalue weighted by atomic mass is 35.5. The zero-order chi connectivity index (χ0) is 20.4. The number of nitrogens with one attached hydrogen (secondary N) is 1. The van der Waals surface area contributed by atoms with Crippen LogP contribution in [0.2, 0.25) is 5.02 Å². The van der Waals surface area contributed by atoms with Crippen molar-refractivity contribution in [1.29, 1.82) is 0 Å². The Morgan fingerprint density at radius 2 is 1.93 bits per heavy atom. The average Bonchev–Trinajstić information content (AvgIpc) is 3.24. The van der Waals surface area contributed by atoms with Crippen LogP contribution in [0, 0.1) is 6.92 Å². The van der Waals surface area contributed by atoms with Gasteiger partial charge in [0.1, 0.15) is 0 Å². The van der Waals surface area contributed by atoms with Gasteiger partial charge in [-0.25, -0.2) is 14.3 Å². The van der Waals surface area contributed by atoms with Crippen LogP contribution in [0.5, 0.6) is 0 Å². The van der Waals surface area contributed by atoms with Crippen molar-refractivity contribution in [3.63, 3.8) is 0 Å². The number of hydrogen-bond donors (Lipinski definition) is 1. The topological polar surface area (TPSA) is 94.7 Å². The first kappa shape index (κ1) is 18.6. The third-order valence-corrected chi connectivity index (χ3v) is 4.48. The van der Waals surface area contributed by atoms with Crippen molar-refractivity contribution in [1.82, 2.24) is 24.5 Å². The van der Waals surface area contributed by atoms with Crippen LogP contribution in [0.25, 0.3) is 11.5 Å². The molecule has 3 heterocycles. The molecule has 0 spiro atoms. The molecule has 0 fully saturated rings. The fourth-order valence-electron chi connectivity index (χ4n) is 2.82. The lowest BCUT2D eigenvalue weighted by atomic mass is 10.2. The molecule has 0 atom stereocenters. The second-order valence-electron chi connectivity index (χ2n) is 6.14. The van der Waals surface area contributed by atoms with Gasteiger partial charge in [-0.3, -0.25) is 9.59 Å². The Labute approximate surface area is 170 Å². The molecule has 8 nitrogen and oxygen atoms in total. The van der Waals surface area contributed by atoms with E-state index >= 15 is 0 Å². The van der Waals surface area contributed by atoms with Crippen LogP contribution in [-0.2, 0) is 0 Å². The van der Waals surface area contributed by atoms with Crippen molar-refractivity contribution in [3.8, 4) is 11.5 Å². The summed E-state index contributed by atoms with van der Waals surface area (Å²) in [5.74, 6) is -0.235. The molecule has 0 radical (unpaired) electrons. The molecule has 0 aliphatic heterocycles. The standard InChI is InChI=1S/C20H15ClN6O2/c1-13-12-17(28)18(25-27(13)16-8-3-2-6-14(16)21)20(29)24-15-7-4-9-22-19(15)26-11-5-10-23-26/h2-12H,1H3,(H,24,29). The van der Waals surface area contributed by atoms with E-state index in [1.54, 1.807) is 68.0 Å². The molecule has 0 saturated heterocycles. The number of aryl methyl sites for hydroxylation is 1. The Bertz CT molecular complexity index is 1250. The van der Waals surface area contributed by atoms with E-state index in [1.807, 2.05) is 0 Å². The summed E-state index contributed by atoms with van der Waals surface area (Å²) in [7, 11) is 0. The van der Waals surface area contributed by atoms with E-state index in [4.69, 9.17) is 11.6 Å². The number of nitrogens with zero attached hydrogens (tertiary/aromatic N) is 5. The quantitative estimate of drug-likeness (QED) is 0.562. The lowest BCUT2D eigenvalue weighted by Crippen LogP contribution is -2.27. The molecule has 144 valence electrons. The predicted molar refractivity (Wildman–Crippen MR) is 109 cm³/mol. The normalized spacial score (nSPS) is 10.7. The molecule has 4 aromatic rings. The van der Waals surface area contributed by atoms with Crippen molar-refractivity contribution in [2.24, 2.45) is 0 Å². The molecular weight excluding hydrogens is 392 g/mol. The van der Waals surface area contributed by atoms with E-state index in [0.29, 0.717) is 27.9 Å². The summed E-state index contributed by atoms with van der Waals surface area (Å²) >= 11 is 6.25. The van der Waals surface area contributed by atoms with Crippen LogP contribution in [0.15, 0.2) is 71.9 Å². The van der Waals surface area contributed by atoms with Crippen LogP contribution in [0.1, 0.15) is 16.2 Å². The van der Waals surface area contributed by atoms with Gasteiger partial charge < -0.3 is 5.32 Å². The van der Waals surface area contributed by atoms with Gasteiger partial charge in [0.25, 0.3) is 5.91 Å². The number of hydrogen-bond acceptors (Lipinski definition) is 5. The third-order valence-electron chi connectivity index (χ3n) is 4.16. The van der Waals surface area contributed by atoms with Crippen LogP contribution >= 0.6 is 11.6 Å². The van der Waals surface area contributed by atoms with E-state index in [-0.39, 0.29) is 5.69 Å². The van der Waals surface area contributed by atoms with E-state index < -0.39 is 11.3 Å². The number of pyridine rings is 1.